The molecule has 0 unspecified atom stereocenters. The van der Waals surface area contributed by atoms with Crippen LogP contribution in [-0.4, -0.2) is 18.1 Å². The van der Waals surface area contributed by atoms with Gasteiger partial charge in [-0.05, 0) is 6.92 Å². The van der Waals surface area contributed by atoms with Crippen LogP contribution in [0.15, 0.2) is 17.1 Å². The fraction of sp³-hybridized carbons (Fsp3) is 0.333. The molecule has 0 saturated heterocycles. The predicted octanol–water partition coefficient (Wildman–Crippen LogP) is 1.32. The van der Waals surface area contributed by atoms with Gasteiger partial charge in [-0.2, -0.15) is 0 Å². The minimum atomic E-state index is 0.431. The Kier molecular flexibility index (Phi) is 7.37. The molecule has 0 aliphatic rings. The molecule has 0 atom stereocenters. The lowest BCUT2D eigenvalue weighted by atomic mass is 10.9. The number of ether oxygens (including phenoxy) is 1. The topological polar surface area (TPSA) is 39.2 Å². The molecule has 0 fully saturated rings. The second-order valence-electron chi connectivity index (χ2n) is 1.23. The Hall–Kier alpha value is -0.900. The average Bonchev–Trinajstić information content (AvgIpc) is 2.44. The minimum absolute atomic E-state index is 0.431. The minimum Gasteiger partial charge on any atom is -0.468 e. The van der Waals surface area contributed by atoms with E-state index in [9.17, 15) is 4.79 Å². The van der Waals surface area contributed by atoms with Gasteiger partial charge in [0.2, 0.25) is 0 Å². The molecule has 4 heteroatoms. The maximum absolute atomic E-state index is 9.18. The van der Waals surface area contributed by atoms with Crippen LogP contribution in [0.5, 0.6) is 0 Å². The molecule has 1 aromatic heterocycles. The molecular formula is C6H9NO2S. The molecule has 0 aliphatic carbocycles. The van der Waals surface area contributed by atoms with Gasteiger partial charge in [0.05, 0.1) is 12.1 Å². The van der Waals surface area contributed by atoms with Crippen molar-refractivity contribution < 1.29 is 9.53 Å². The SMILES string of the molecule is CCOC=O.c1cscn1. The van der Waals surface area contributed by atoms with Crippen LogP contribution < -0.4 is 0 Å². The van der Waals surface area contributed by atoms with Crippen LogP contribution in [0, 0.1) is 0 Å². The lowest BCUT2D eigenvalue weighted by molar-refractivity contribution is -0.128. The van der Waals surface area contributed by atoms with Gasteiger partial charge < -0.3 is 4.74 Å². The zero-order chi connectivity index (χ0) is 7.66. The number of hydrogen-bond donors (Lipinski definition) is 0. The molecule has 56 valence electrons. The van der Waals surface area contributed by atoms with Crippen molar-refractivity contribution in [1.29, 1.82) is 0 Å². The number of nitrogens with zero attached hydrogens (tertiary/aromatic N) is 1. The summed E-state index contributed by atoms with van der Waals surface area (Å²) in [4.78, 5) is 12.9. The van der Waals surface area contributed by atoms with Crippen molar-refractivity contribution in [2.45, 2.75) is 6.92 Å². The van der Waals surface area contributed by atoms with Gasteiger partial charge in [-0.3, -0.25) is 9.78 Å². The fourth-order valence-corrected chi connectivity index (χ4v) is 0.595. The lowest BCUT2D eigenvalue weighted by Gasteiger charge is -1.79. The average molecular weight is 159 g/mol. The molecule has 0 amide bonds. The summed E-state index contributed by atoms with van der Waals surface area (Å²) in [5, 5.41) is 1.93. The van der Waals surface area contributed by atoms with Gasteiger partial charge >= 0.3 is 0 Å². The van der Waals surface area contributed by atoms with Crippen LogP contribution >= 0.6 is 11.3 Å². The summed E-state index contributed by atoms with van der Waals surface area (Å²) >= 11 is 1.60. The van der Waals surface area contributed by atoms with E-state index in [-0.39, 0.29) is 0 Å². The monoisotopic (exact) mass is 159 g/mol. The molecular weight excluding hydrogens is 150 g/mol. The number of rotatable bonds is 2. The first-order chi connectivity index (χ1) is 4.91. The van der Waals surface area contributed by atoms with Crippen molar-refractivity contribution in [2.24, 2.45) is 0 Å². The number of thiazole rings is 1. The van der Waals surface area contributed by atoms with Crippen LogP contribution in [0.25, 0.3) is 0 Å². The number of carbonyl (C=O) groups excluding carboxylic acids is 1. The summed E-state index contributed by atoms with van der Waals surface area (Å²) in [6.07, 6.45) is 1.77. The molecule has 3 nitrogen and oxygen atoms in total. The second kappa shape index (κ2) is 8.10. The predicted molar refractivity (Wildman–Crippen MR) is 39.8 cm³/mol. The van der Waals surface area contributed by atoms with E-state index < -0.39 is 0 Å². The zero-order valence-corrected chi connectivity index (χ0v) is 6.50. The Morgan fingerprint density at radius 2 is 2.60 bits per heavy atom. The second-order valence-corrected chi connectivity index (χ2v) is 1.98. The number of carbonyl (C=O) groups is 1. The van der Waals surface area contributed by atoms with E-state index in [0.717, 1.165) is 0 Å². The first-order valence-corrected chi connectivity index (χ1v) is 3.73. The van der Waals surface area contributed by atoms with E-state index in [1.165, 1.54) is 0 Å². The smallest absolute Gasteiger partial charge is 0.293 e. The highest BCUT2D eigenvalue weighted by Crippen LogP contribution is 1.85. The van der Waals surface area contributed by atoms with Gasteiger partial charge in [-0.15, -0.1) is 11.3 Å². The summed E-state index contributed by atoms with van der Waals surface area (Å²) in [6, 6.07) is 0. The molecule has 10 heavy (non-hydrogen) atoms. The van der Waals surface area contributed by atoms with E-state index in [4.69, 9.17) is 0 Å². The van der Waals surface area contributed by atoms with E-state index >= 15 is 0 Å². The third kappa shape index (κ3) is 7.10. The van der Waals surface area contributed by atoms with Gasteiger partial charge in [0.25, 0.3) is 6.47 Å². The normalized spacial score (nSPS) is 7.30. The maximum Gasteiger partial charge on any atom is 0.293 e. The molecule has 0 aromatic carbocycles. The van der Waals surface area contributed by atoms with Crippen molar-refractivity contribution in [3.8, 4) is 0 Å². The van der Waals surface area contributed by atoms with Gasteiger partial charge in [0.15, 0.2) is 0 Å². The van der Waals surface area contributed by atoms with E-state index in [0.29, 0.717) is 13.1 Å². The van der Waals surface area contributed by atoms with E-state index in [1.54, 1.807) is 30.0 Å². The van der Waals surface area contributed by atoms with Crippen LogP contribution in [0.2, 0.25) is 0 Å². The maximum atomic E-state index is 9.18. The van der Waals surface area contributed by atoms with Gasteiger partial charge in [0, 0.05) is 11.6 Å². The Bertz CT molecular complexity index is 124. The third-order valence-electron chi connectivity index (χ3n) is 0.582. The van der Waals surface area contributed by atoms with Gasteiger partial charge in [0.1, 0.15) is 0 Å². The Balaban J connectivity index is 0.000000162. The van der Waals surface area contributed by atoms with Crippen LogP contribution in [0.3, 0.4) is 0 Å². The molecule has 1 aromatic rings. The standard InChI is InChI=1S/C3H3NS.C3H6O2/c1-2-5-3-4-1;1-2-5-3-4/h1-3H;3H,2H2,1H3. The van der Waals surface area contributed by atoms with Crippen molar-refractivity contribution >= 4 is 17.8 Å². The van der Waals surface area contributed by atoms with Crippen molar-refractivity contribution in [2.75, 3.05) is 6.61 Å². The first-order valence-electron chi connectivity index (χ1n) is 2.79. The zero-order valence-electron chi connectivity index (χ0n) is 5.69. The van der Waals surface area contributed by atoms with Crippen LogP contribution in [-0.2, 0) is 9.53 Å². The molecule has 0 saturated carbocycles. The molecule has 0 N–H and O–H groups in total. The highest BCUT2D eigenvalue weighted by Gasteiger charge is 1.61. The molecule has 0 aliphatic heterocycles. The molecule has 0 bridgehead atoms. The molecule has 1 rings (SSSR count). The quantitative estimate of drug-likeness (QED) is 0.611. The Labute approximate surface area is 63.7 Å². The van der Waals surface area contributed by atoms with Crippen molar-refractivity contribution in [3.63, 3.8) is 0 Å². The number of hydrogen-bond acceptors (Lipinski definition) is 4. The highest BCUT2D eigenvalue weighted by molar-refractivity contribution is 7.07. The molecule has 0 radical (unpaired) electrons. The molecule has 0 spiro atoms. The summed E-state index contributed by atoms with van der Waals surface area (Å²) < 4.78 is 4.15. The third-order valence-corrected chi connectivity index (χ3v) is 1.10. The van der Waals surface area contributed by atoms with Crippen molar-refractivity contribution in [1.82, 2.24) is 4.98 Å². The summed E-state index contributed by atoms with van der Waals surface area (Å²) in [6.45, 7) is 2.66. The fourth-order valence-electron chi connectivity index (χ4n) is 0.244. The summed E-state index contributed by atoms with van der Waals surface area (Å²) in [5.74, 6) is 0. The van der Waals surface area contributed by atoms with E-state index in [1.807, 2.05) is 5.38 Å². The Morgan fingerprint density at radius 1 is 1.80 bits per heavy atom. The van der Waals surface area contributed by atoms with Gasteiger partial charge in [-0.1, -0.05) is 0 Å². The molecule has 1 heterocycles. The van der Waals surface area contributed by atoms with Crippen LogP contribution in [0.4, 0.5) is 0 Å². The largest absolute Gasteiger partial charge is 0.468 e. The lowest BCUT2D eigenvalue weighted by Crippen LogP contribution is -1.80. The first kappa shape index (κ1) is 9.10. The highest BCUT2D eigenvalue weighted by atomic mass is 32.1. The summed E-state index contributed by atoms with van der Waals surface area (Å²) in [5.41, 5.74) is 1.79. The van der Waals surface area contributed by atoms with Gasteiger partial charge in [-0.25, -0.2) is 0 Å². The van der Waals surface area contributed by atoms with Crippen molar-refractivity contribution in [3.05, 3.63) is 17.1 Å². The summed E-state index contributed by atoms with van der Waals surface area (Å²) in [7, 11) is 0. The number of aromatic nitrogens is 1. The van der Waals surface area contributed by atoms with Crippen LogP contribution in [0.1, 0.15) is 6.92 Å². The Morgan fingerprint density at radius 3 is 2.70 bits per heavy atom. The van der Waals surface area contributed by atoms with E-state index in [2.05, 4.69) is 9.72 Å².